The summed E-state index contributed by atoms with van der Waals surface area (Å²) < 4.78 is 0. The van der Waals surface area contributed by atoms with Crippen LogP contribution in [0.5, 0.6) is 0 Å². The number of fused-ring (bicyclic) bond motifs is 4. The molecule has 1 heterocycles. The van der Waals surface area contributed by atoms with Crippen molar-refractivity contribution in [2.45, 2.75) is 0 Å². The second kappa shape index (κ2) is 12.5. The first-order chi connectivity index (χ1) is 25.8. The molecule has 0 atom stereocenters. The molecule has 52 heavy (non-hydrogen) atoms. The first-order valence-corrected chi connectivity index (χ1v) is 17.7. The third-order valence-corrected chi connectivity index (χ3v) is 10.3. The molecule has 0 aliphatic heterocycles. The molecule has 0 N–H and O–H groups in total. The van der Waals surface area contributed by atoms with Gasteiger partial charge in [0.05, 0.1) is 0 Å². The van der Waals surface area contributed by atoms with Crippen LogP contribution < -0.4 is 0 Å². The van der Waals surface area contributed by atoms with Crippen molar-refractivity contribution in [3.8, 4) is 55.9 Å². The number of nitrogens with zero attached hydrogens (tertiary/aromatic N) is 2. The first-order valence-electron chi connectivity index (χ1n) is 17.7. The molecule has 0 aliphatic carbocycles. The average molecular weight is 661 g/mol. The minimum atomic E-state index is 0.731. The van der Waals surface area contributed by atoms with Crippen molar-refractivity contribution in [3.05, 3.63) is 194 Å². The maximum Gasteiger partial charge on any atom is 0.159 e. The highest BCUT2D eigenvalue weighted by Gasteiger charge is 2.18. The summed E-state index contributed by atoms with van der Waals surface area (Å²) in [6.07, 6.45) is 3.82. The topological polar surface area (TPSA) is 25.8 Å². The maximum atomic E-state index is 4.66. The van der Waals surface area contributed by atoms with Crippen LogP contribution in [-0.4, -0.2) is 9.97 Å². The van der Waals surface area contributed by atoms with Gasteiger partial charge in [0.25, 0.3) is 0 Å². The molecule has 0 unspecified atom stereocenters. The lowest BCUT2D eigenvalue weighted by molar-refractivity contribution is 1.18. The van der Waals surface area contributed by atoms with Gasteiger partial charge in [-0.3, -0.25) is 0 Å². The molecule has 2 heteroatoms. The fraction of sp³-hybridized carbons (Fsp3) is 0. The summed E-state index contributed by atoms with van der Waals surface area (Å²) in [5.41, 5.74) is 10.4. The standard InChI is InChI=1S/C50H32N2/c1-2-12-37(13-3-1)50-51-31-43(32-52-50)36-20-18-35(19-21-36)40-26-27-46-47(30-40)49(42-25-23-34-11-5-7-15-39(34)29-42)45-17-9-8-16-44(45)48(46)41-24-22-33-10-4-6-14-38(33)28-41/h1-32H. The van der Waals surface area contributed by atoms with Crippen molar-refractivity contribution in [1.29, 1.82) is 0 Å². The van der Waals surface area contributed by atoms with Gasteiger partial charge in [0.2, 0.25) is 0 Å². The van der Waals surface area contributed by atoms with Crippen molar-refractivity contribution in [3.63, 3.8) is 0 Å². The van der Waals surface area contributed by atoms with Crippen LogP contribution in [0, 0.1) is 0 Å². The Balaban J connectivity index is 1.15. The maximum absolute atomic E-state index is 4.66. The molecule has 9 aromatic carbocycles. The molecule has 0 saturated carbocycles. The van der Waals surface area contributed by atoms with E-state index in [2.05, 4.69) is 162 Å². The summed E-state index contributed by atoms with van der Waals surface area (Å²) in [5, 5.41) is 9.96. The van der Waals surface area contributed by atoms with Gasteiger partial charge in [0.15, 0.2) is 5.82 Å². The third-order valence-electron chi connectivity index (χ3n) is 10.3. The quantitative estimate of drug-likeness (QED) is 0.172. The van der Waals surface area contributed by atoms with E-state index in [9.17, 15) is 0 Å². The zero-order chi connectivity index (χ0) is 34.4. The summed E-state index contributed by atoms with van der Waals surface area (Å²) in [4.78, 5) is 9.32. The van der Waals surface area contributed by atoms with Gasteiger partial charge in [-0.15, -0.1) is 0 Å². The lowest BCUT2D eigenvalue weighted by Gasteiger charge is -2.19. The van der Waals surface area contributed by atoms with Crippen LogP contribution in [0.25, 0.3) is 99.0 Å². The number of hydrogen-bond acceptors (Lipinski definition) is 2. The van der Waals surface area contributed by atoms with E-state index in [0.29, 0.717) is 0 Å². The van der Waals surface area contributed by atoms with E-state index in [-0.39, 0.29) is 0 Å². The summed E-state index contributed by atoms with van der Waals surface area (Å²) in [6.45, 7) is 0. The lowest BCUT2D eigenvalue weighted by atomic mass is 9.84. The molecule has 0 spiro atoms. The summed E-state index contributed by atoms with van der Waals surface area (Å²) in [5.74, 6) is 0.731. The van der Waals surface area contributed by atoms with Crippen LogP contribution in [-0.2, 0) is 0 Å². The van der Waals surface area contributed by atoms with Crippen LogP contribution in [0.15, 0.2) is 194 Å². The highest BCUT2D eigenvalue weighted by molar-refractivity contribution is 6.22. The number of hydrogen-bond donors (Lipinski definition) is 0. The molecular weight excluding hydrogens is 629 g/mol. The molecule has 0 saturated heterocycles. The van der Waals surface area contributed by atoms with Crippen LogP contribution in [0.3, 0.4) is 0 Å². The van der Waals surface area contributed by atoms with E-state index >= 15 is 0 Å². The Morgan fingerprint density at radius 1 is 0.250 bits per heavy atom. The highest BCUT2D eigenvalue weighted by Crippen LogP contribution is 2.45. The summed E-state index contributed by atoms with van der Waals surface area (Å²) in [6, 6.07) is 65.8. The Morgan fingerprint density at radius 2 is 0.692 bits per heavy atom. The van der Waals surface area contributed by atoms with Gasteiger partial charge in [0, 0.05) is 23.5 Å². The second-order valence-electron chi connectivity index (χ2n) is 13.4. The van der Waals surface area contributed by atoms with E-state index < -0.39 is 0 Å². The lowest BCUT2D eigenvalue weighted by Crippen LogP contribution is -1.92. The smallest absolute Gasteiger partial charge is 0.159 e. The van der Waals surface area contributed by atoms with Crippen molar-refractivity contribution in [2.24, 2.45) is 0 Å². The van der Waals surface area contributed by atoms with Crippen LogP contribution in [0.1, 0.15) is 0 Å². The normalized spacial score (nSPS) is 11.5. The predicted molar refractivity (Wildman–Crippen MR) is 219 cm³/mol. The third kappa shape index (κ3) is 5.21. The minimum absolute atomic E-state index is 0.731. The molecule has 0 amide bonds. The first kappa shape index (κ1) is 30.0. The summed E-state index contributed by atoms with van der Waals surface area (Å²) in [7, 11) is 0. The molecular formula is C50H32N2. The second-order valence-corrected chi connectivity index (χ2v) is 13.4. The van der Waals surface area contributed by atoms with Gasteiger partial charge in [0.1, 0.15) is 0 Å². The monoisotopic (exact) mass is 660 g/mol. The van der Waals surface area contributed by atoms with Crippen LogP contribution in [0.4, 0.5) is 0 Å². The molecule has 0 aliphatic rings. The van der Waals surface area contributed by atoms with E-state index in [4.69, 9.17) is 0 Å². The Morgan fingerprint density at radius 3 is 1.29 bits per heavy atom. The van der Waals surface area contributed by atoms with Gasteiger partial charge < -0.3 is 0 Å². The van der Waals surface area contributed by atoms with Crippen molar-refractivity contribution in [1.82, 2.24) is 9.97 Å². The van der Waals surface area contributed by atoms with Crippen LogP contribution >= 0.6 is 0 Å². The zero-order valence-electron chi connectivity index (χ0n) is 28.4. The Bertz CT molecular complexity index is 2930. The van der Waals surface area contributed by atoms with Crippen molar-refractivity contribution >= 4 is 43.1 Å². The molecule has 10 rings (SSSR count). The molecule has 10 aromatic rings. The fourth-order valence-electron chi connectivity index (χ4n) is 7.74. The zero-order valence-corrected chi connectivity index (χ0v) is 28.4. The largest absolute Gasteiger partial charge is 0.236 e. The van der Waals surface area contributed by atoms with Gasteiger partial charge in [-0.1, -0.05) is 164 Å². The van der Waals surface area contributed by atoms with Crippen LogP contribution in [0.2, 0.25) is 0 Å². The summed E-state index contributed by atoms with van der Waals surface area (Å²) >= 11 is 0. The van der Waals surface area contributed by atoms with E-state index in [1.54, 1.807) is 0 Å². The Labute approximate surface area is 302 Å². The SMILES string of the molecule is c1ccc(-c2ncc(-c3ccc(-c4ccc5c(-c6ccc7ccccc7c6)c6ccccc6c(-c6ccc7ccccc7c6)c5c4)cc3)cn2)cc1. The van der Waals surface area contributed by atoms with Crippen molar-refractivity contribution in [2.75, 3.05) is 0 Å². The average Bonchev–Trinajstić information content (AvgIpc) is 3.22. The van der Waals surface area contributed by atoms with E-state index in [1.165, 1.54) is 70.9 Å². The van der Waals surface area contributed by atoms with Gasteiger partial charge in [-0.25, -0.2) is 9.97 Å². The molecule has 0 fully saturated rings. The predicted octanol–water partition coefficient (Wildman–Crippen LogP) is 13.4. The molecule has 242 valence electrons. The fourth-order valence-corrected chi connectivity index (χ4v) is 7.74. The van der Waals surface area contributed by atoms with E-state index in [0.717, 1.165) is 28.1 Å². The van der Waals surface area contributed by atoms with Gasteiger partial charge >= 0.3 is 0 Å². The highest BCUT2D eigenvalue weighted by atomic mass is 14.9. The molecule has 0 bridgehead atoms. The molecule has 0 radical (unpaired) electrons. The van der Waals surface area contributed by atoms with Gasteiger partial charge in [-0.05, 0) is 100 Å². The van der Waals surface area contributed by atoms with Crippen molar-refractivity contribution < 1.29 is 0 Å². The minimum Gasteiger partial charge on any atom is -0.236 e. The van der Waals surface area contributed by atoms with Gasteiger partial charge in [-0.2, -0.15) is 0 Å². The molecule has 1 aromatic heterocycles. The number of benzene rings is 9. The number of rotatable bonds is 5. The number of aromatic nitrogens is 2. The Hall–Kier alpha value is -6.90. The van der Waals surface area contributed by atoms with E-state index in [1.807, 2.05) is 42.7 Å². The Kier molecular flexibility index (Phi) is 7.18. The molecule has 2 nitrogen and oxygen atoms in total.